The smallest absolute Gasteiger partial charge is 0.272 e. The van der Waals surface area contributed by atoms with E-state index in [1.165, 1.54) is 23.1 Å². The highest BCUT2D eigenvalue weighted by molar-refractivity contribution is 8.00. The number of thiophene rings is 1. The molecule has 3 amide bonds. The molecule has 0 bridgehead atoms. The van der Waals surface area contributed by atoms with Gasteiger partial charge in [-0.15, -0.1) is 11.8 Å². The topological polar surface area (TPSA) is 87.3 Å². The Morgan fingerprint density at radius 3 is 2.24 bits per heavy atom. The van der Waals surface area contributed by atoms with Gasteiger partial charge in [-0.2, -0.15) is 11.3 Å². The van der Waals surface area contributed by atoms with Gasteiger partial charge in [0.2, 0.25) is 5.91 Å². The predicted octanol–water partition coefficient (Wildman–Crippen LogP) is 6.28. The predicted molar refractivity (Wildman–Crippen MR) is 152 cm³/mol. The second kappa shape index (κ2) is 12.7. The van der Waals surface area contributed by atoms with Gasteiger partial charge in [-0.1, -0.05) is 42.5 Å². The standard InChI is InChI=1S/C29H25N3O3S2/c1-20(27(33)30-23-11-6-3-7-12-23)37-25-14-8-13-24(18-25)31-29(35)26(17-21-15-16-36-19-21)32-28(34)22-9-4-2-5-10-22/h2-20H,1H3,(H,30,33)(H,31,35)(H,32,34)/b26-17-. The van der Waals surface area contributed by atoms with Gasteiger partial charge in [-0.25, -0.2) is 0 Å². The van der Waals surface area contributed by atoms with Crippen molar-refractivity contribution in [3.63, 3.8) is 0 Å². The highest BCUT2D eigenvalue weighted by Crippen LogP contribution is 2.27. The summed E-state index contributed by atoms with van der Waals surface area (Å²) in [5.74, 6) is -0.942. The first-order chi connectivity index (χ1) is 18.0. The van der Waals surface area contributed by atoms with Crippen LogP contribution in [-0.2, 0) is 9.59 Å². The SMILES string of the molecule is CC(Sc1cccc(NC(=O)/C(=C/c2ccsc2)NC(=O)c2ccccc2)c1)C(=O)Nc1ccccc1. The molecule has 1 atom stereocenters. The average Bonchev–Trinajstić information content (AvgIpc) is 3.43. The summed E-state index contributed by atoms with van der Waals surface area (Å²) in [5, 5.41) is 11.9. The number of carbonyl (C=O) groups excluding carboxylic acids is 3. The molecule has 4 rings (SSSR count). The van der Waals surface area contributed by atoms with Crippen LogP contribution in [0.4, 0.5) is 11.4 Å². The van der Waals surface area contributed by atoms with E-state index in [1.807, 2.05) is 72.3 Å². The number of benzene rings is 3. The van der Waals surface area contributed by atoms with Crippen LogP contribution in [0.1, 0.15) is 22.8 Å². The van der Waals surface area contributed by atoms with E-state index < -0.39 is 5.91 Å². The van der Waals surface area contributed by atoms with E-state index in [1.54, 1.807) is 42.5 Å². The van der Waals surface area contributed by atoms with Crippen molar-refractivity contribution in [2.75, 3.05) is 10.6 Å². The Bertz CT molecular complexity index is 1390. The number of thioether (sulfide) groups is 1. The molecule has 3 N–H and O–H groups in total. The summed E-state index contributed by atoms with van der Waals surface area (Å²) in [4.78, 5) is 39.3. The van der Waals surface area contributed by atoms with Crippen molar-refractivity contribution >= 4 is 58.3 Å². The molecule has 0 spiro atoms. The molecule has 186 valence electrons. The molecule has 0 fully saturated rings. The number of hydrogen-bond donors (Lipinski definition) is 3. The van der Waals surface area contributed by atoms with Crippen molar-refractivity contribution in [2.24, 2.45) is 0 Å². The molecule has 6 nitrogen and oxygen atoms in total. The van der Waals surface area contributed by atoms with Gasteiger partial charge in [0.25, 0.3) is 11.8 Å². The summed E-state index contributed by atoms with van der Waals surface area (Å²) in [5.41, 5.74) is 2.68. The lowest BCUT2D eigenvalue weighted by Crippen LogP contribution is -2.30. The summed E-state index contributed by atoms with van der Waals surface area (Å²) in [6.07, 6.45) is 1.64. The van der Waals surface area contributed by atoms with E-state index in [-0.39, 0.29) is 22.8 Å². The van der Waals surface area contributed by atoms with Gasteiger partial charge in [-0.05, 0) is 77.9 Å². The molecule has 8 heteroatoms. The summed E-state index contributed by atoms with van der Waals surface area (Å²) >= 11 is 2.88. The van der Waals surface area contributed by atoms with Crippen molar-refractivity contribution in [1.82, 2.24) is 5.32 Å². The fourth-order valence-electron chi connectivity index (χ4n) is 3.33. The Balaban J connectivity index is 1.44. The molecular formula is C29H25N3O3S2. The fraction of sp³-hybridized carbons (Fsp3) is 0.0690. The van der Waals surface area contributed by atoms with Crippen LogP contribution in [0.25, 0.3) is 6.08 Å². The molecule has 0 aliphatic heterocycles. The molecule has 0 aliphatic rings. The highest BCUT2D eigenvalue weighted by atomic mass is 32.2. The number of carbonyl (C=O) groups is 3. The monoisotopic (exact) mass is 527 g/mol. The number of nitrogens with one attached hydrogen (secondary N) is 3. The van der Waals surface area contributed by atoms with Crippen molar-refractivity contribution in [3.8, 4) is 0 Å². The van der Waals surface area contributed by atoms with Gasteiger partial charge in [0.05, 0.1) is 5.25 Å². The Kier molecular flexibility index (Phi) is 8.91. The second-order valence-electron chi connectivity index (χ2n) is 8.03. The van der Waals surface area contributed by atoms with Gasteiger partial charge in [0, 0.05) is 21.8 Å². The first-order valence-electron chi connectivity index (χ1n) is 11.5. The molecule has 4 aromatic rings. The van der Waals surface area contributed by atoms with Crippen molar-refractivity contribution in [1.29, 1.82) is 0 Å². The first kappa shape index (κ1) is 25.9. The van der Waals surface area contributed by atoms with E-state index in [0.29, 0.717) is 11.3 Å². The average molecular weight is 528 g/mol. The van der Waals surface area contributed by atoms with Crippen LogP contribution < -0.4 is 16.0 Å². The molecule has 37 heavy (non-hydrogen) atoms. The van der Waals surface area contributed by atoms with Crippen molar-refractivity contribution in [2.45, 2.75) is 17.1 Å². The van der Waals surface area contributed by atoms with Crippen LogP contribution in [0.5, 0.6) is 0 Å². The Hall–Kier alpha value is -4.14. The minimum absolute atomic E-state index is 0.116. The van der Waals surface area contributed by atoms with Gasteiger partial charge >= 0.3 is 0 Å². The van der Waals surface area contributed by atoms with Crippen LogP contribution in [0.2, 0.25) is 0 Å². The van der Waals surface area contributed by atoms with E-state index in [0.717, 1.165) is 16.1 Å². The van der Waals surface area contributed by atoms with Crippen molar-refractivity contribution < 1.29 is 14.4 Å². The summed E-state index contributed by atoms with van der Waals surface area (Å²) in [6, 6.07) is 27.1. The number of anilines is 2. The van der Waals surface area contributed by atoms with E-state index in [9.17, 15) is 14.4 Å². The van der Waals surface area contributed by atoms with Crippen LogP contribution in [-0.4, -0.2) is 23.0 Å². The molecule has 0 saturated carbocycles. The van der Waals surface area contributed by atoms with Crippen LogP contribution in [0, 0.1) is 0 Å². The van der Waals surface area contributed by atoms with Crippen LogP contribution in [0.3, 0.4) is 0 Å². The quantitative estimate of drug-likeness (QED) is 0.177. The molecule has 1 heterocycles. The molecule has 1 unspecified atom stereocenters. The zero-order valence-corrected chi connectivity index (χ0v) is 21.6. The number of rotatable bonds is 9. The Labute approximate surface area is 223 Å². The molecule has 3 aromatic carbocycles. The Morgan fingerprint density at radius 2 is 1.54 bits per heavy atom. The van der Waals surface area contributed by atoms with Crippen molar-refractivity contribution in [3.05, 3.63) is 119 Å². The maximum Gasteiger partial charge on any atom is 0.272 e. The number of hydrogen-bond acceptors (Lipinski definition) is 5. The van der Waals surface area contributed by atoms with Gasteiger partial charge in [0.1, 0.15) is 5.70 Å². The summed E-state index contributed by atoms with van der Waals surface area (Å²) in [7, 11) is 0. The third-order valence-electron chi connectivity index (χ3n) is 5.20. The summed E-state index contributed by atoms with van der Waals surface area (Å²) < 4.78 is 0. The maximum absolute atomic E-state index is 13.2. The lowest BCUT2D eigenvalue weighted by molar-refractivity contribution is -0.115. The highest BCUT2D eigenvalue weighted by Gasteiger charge is 2.17. The zero-order chi connectivity index (χ0) is 26.0. The summed E-state index contributed by atoms with van der Waals surface area (Å²) in [6.45, 7) is 1.83. The Morgan fingerprint density at radius 1 is 0.838 bits per heavy atom. The van der Waals surface area contributed by atoms with Gasteiger partial charge in [-0.3, -0.25) is 14.4 Å². The van der Waals surface area contributed by atoms with E-state index in [2.05, 4.69) is 16.0 Å². The zero-order valence-electron chi connectivity index (χ0n) is 20.0. The van der Waals surface area contributed by atoms with E-state index in [4.69, 9.17) is 0 Å². The molecular weight excluding hydrogens is 502 g/mol. The van der Waals surface area contributed by atoms with Crippen LogP contribution in [0.15, 0.2) is 112 Å². The molecule has 0 radical (unpaired) electrons. The third-order valence-corrected chi connectivity index (χ3v) is 6.99. The minimum Gasteiger partial charge on any atom is -0.325 e. The van der Waals surface area contributed by atoms with Gasteiger partial charge in [0.15, 0.2) is 0 Å². The molecule has 0 saturated heterocycles. The number of para-hydroxylation sites is 1. The fourth-order valence-corrected chi connectivity index (χ4v) is 4.88. The minimum atomic E-state index is -0.451. The van der Waals surface area contributed by atoms with Gasteiger partial charge < -0.3 is 16.0 Å². The lowest BCUT2D eigenvalue weighted by atomic mass is 10.2. The normalized spacial score (nSPS) is 11.9. The third kappa shape index (κ3) is 7.67. The van der Waals surface area contributed by atoms with E-state index >= 15 is 0 Å². The molecule has 1 aromatic heterocycles. The van der Waals surface area contributed by atoms with Crippen LogP contribution >= 0.6 is 23.1 Å². The second-order valence-corrected chi connectivity index (χ2v) is 10.2. The molecule has 0 aliphatic carbocycles. The first-order valence-corrected chi connectivity index (χ1v) is 13.3. The maximum atomic E-state index is 13.2. The lowest BCUT2D eigenvalue weighted by Gasteiger charge is -2.14. The number of amides is 3. The largest absolute Gasteiger partial charge is 0.325 e.